The highest BCUT2D eigenvalue weighted by atomic mass is 32.1. The molecule has 1 amide bonds. The average Bonchev–Trinajstić information content (AvgIpc) is 3.03. The summed E-state index contributed by atoms with van der Waals surface area (Å²) in [5.74, 6) is -0.115. The number of rotatable bonds is 3. The molecule has 0 spiro atoms. The predicted octanol–water partition coefficient (Wildman–Crippen LogP) is 2.46. The molecule has 102 valence electrons. The number of nitrogens with one attached hydrogen (secondary N) is 1. The molecule has 0 aliphatic heterocycles. The number of hydrogen-bond donors (Lipinski definition) is 1. The summed E-state index contributed by atoms with van der Waals surface area (Å²) in [6.45, 7) is 1.92. The lowest BCUT2D eigenvalue weighted by molar-refractivity contribution is -0.120. The lowest BCUT2D eigenvalue weighted by Crippen LogP contribution is -2.21. The zero-order valence-electron chi connectivity index (χ0n) is 11.2. The Morgan fingerprint density at radius 2 is 2.25 bits per heavy atom. The largest absolute Gasteiger partial charge is 0.273 e. The number of hydrazone groups is 1. The highest BCUT2D eigenvalue weighted by molar-refractivity contribution is 7.09. The molecule has 0 saturated carbocycles. The van der Waals surface area contributed by atoms with Gasteiger partial charge in [-0.15, -0.1) is 11.3 Å². The molecule has 0 saturated heterocycles. The third kappa shape index (κ3) is 2.77. The molecule has 2 aromatic rings. The van der Waals surface area contributed by atoms with E-state index in [0.717, 1.165) is 34.8 Å². The second kappa shape index (κ2) is 5.54. The quantitative estimate of drug-likeness (QED) is 0.881. The van der Waals surface area contributed by atoms with Gasteiger partial charge in [0, 0.05) is 16.6 Å². The molecular formula is C15H15N3OS. The van der Waals surface area contributed by atoms with E-state index in [4.69, 9.17) is 0 Å². The second-order valence-corrected chi connectivity index (χ2v) is 5.75. The summed E-state index contributed by atoms with van der Waals surface area (Å²) in [6.07, 6.45) is 2.17. The molecule has 0 radical (unpaired) electrons. The molecule has 3 rings (SSSR count). The molecule has 1 aromatic heterocycles. The predicted molar refractivity (Wildman–Crippen MR) is 80.0 cm³/mol. The van der Waals surface area contributed by atoms with E-state index in [1.165, 1.54) is 16.9 Å². The molecule has 1 N–H and O–H groups in total. The second-order valence-electron chi connectivity index (χ2n) is 4.81. The van der Waals surface area contributed by atoms with E-state index < -0.39 is 0 Å². The van der Waals surface area contributed by atoms with Crippen molar-refractivity contribution in [3.63, 3.8) is 0 Å². The minimum atomic E-state index is -0.115. The van der Waals surface area contributed by atoms with Gasteiger partial charge >= 0.3 is 0 Å². The van der Waals surface area contributed by atoms with Crippen molar-refractivity contribution in [3.8, 4) is 0 Å². The van der Waals surface area contributed by atoms with Crippen LogP contribution in [0.4, 0.5) is 0 Å². The fraction of sp³-hybridized carbons (Fsp3) is 0.267. The number of benzene rings is 1. The lowest BCUT2D eigenvalue weighted by Gasteiger charge is -2.01. The summed E-state index contributed by atoms with van der Waals surface area (Å²) in [6, 6.07) is 8.19. The van der Waals surface area contributed by atoms with Crippen LogP contribution in [-0.2, 0) is 17.6 Å². The number of aromatic nitrogens is 1. The van der Waals surface area contributed by atoms with Gasteiger partial charge in [0.2, 0.25) is 5.91 Å². The minimum absolute atomic E-state index is 0.115. The van der Waals surface area contributed by atoms with Gasteiger partial charge in [0.05, 0.1) is 12.1 Å². The first-order chi connectivity index (χ1) is 9.72. The number of nitrogens with zero attached hydrogens (tertiary/aromatic N) is 2. The Morgan fingerprint density at radius 1 is 1.40 bits per heavy atom. The van der Waals surface area contributed by atoms with Crippen LogP contribution in [0.5, 0.6) is 0 Å². The Balaban J connectivity index is 1.65. The Morgan fingerprint density at radius 3 is 3.05 bits per heavy atom. The summed E-state index contributed by atoms with van der Waals surface area (Å²) in [4.78, 5) is 16.1. The van der Waals surface area contributed by atoms with Crippen LogP contribution in [-0.4, -0.2) is 16.6 Å². The van der Waals surface area contributed by atoms with Crippen molar-refractivity contribution in [2.45, 2.75) is 26.2 Å². The van der Waals surface area contributed by atoms with Crippen LogP contribution in [0.2, 0.25) is 0 Å². The number of aryl methyl sites for hydroxylation is 2. The summed E-state index contributed by atoms with van der Waals surface area (Å²) in [5, 5.41) is 7.03. The zero-order valence-corrected chi connectivity index (χ0v) is 12.0. The van der Waals surface area contributed by atoms with E-state index in [1.54, 1.807) is 0 Å². The van der Waals surface area contributed by atoms with Gasteiger partial charge in [-0.25, -0.2) is 10.4 Å². The smallest absolute Gasteiger partial charge is 0.246 e. The van der Waals surface area contributed by atoms with Crippen LogP contribution in [0.1, 0.15) is 28.2 Å². The van der Waals surface area contributed by atoms with Crippen molar-refractivity contribution in [2.24, 2.45) is 5.10 Å². The van der Waals surface area contributed by atoms with Crippen molar-refractivity contribution in [3.05, 3.63) is 51.5 Å². The Bertz CT molecular complexity index is 675. The van der Waals surface area contributed by atoms with E-state index in [1.807, 2.05) is 24.4 Å². The monoisotopic (exact) mass is 285 g/mol. The van der Waals surface area contributed by atoms with Crippen LogP contribution in [0.3, 0.4) is 0 Å². The Labute approximate surface area is 121 Å². The molecule has 4 nitrogen and oxygen atoms in total. The van der Waals surface area contributed by atoms with Gasteiger partial charge in [-0.1, -0.05) is 24.3 Å². The normalized spacial score (nSPS) is 15.3. The highest BCUT2D eigenvalue weighted by Crippen LogP contribution is 2.21. The van der Waals surface area contributed by atoms with E-state index in [9.17, 15) is 4.79 Å². The van der Waals surface area contributed by atoms with Crippen LogP contribution in [0.25, 0.3) is 0 Å². The first-order valence-corrected chi connectivity index (χ1v) is 7.45. The number of hydrogen-bond acceptors (Lipinski definition) is 4. The van der Waals surface area contributed by atoms with Gasteiger partial charge in [0.25, 0.3) is 0 Å². The summed E-state index contributed by atoms with van der Waals surface area (Å²) >= 11 is 1.50. The maximum Gasteiger partial charge on any atom is 0.246 e. The highest BCUT2D eigenvalue weighted by Gasteiger charge is 2.17. The number of carbonyl (C=O) groups excluding carboxylic acids is 1. The van der Waals surface area contributed by atoms with Gasteiger partial charge in [-0.05, 0) is 25.3 Å². The zero-order chi connectivity index (χ0) is 13.9. The third-order valence-corrected chi connectivity index (χ3v) is 4.22. The molecule has 0 unspecified atom stereocenters. The number of fused-ring (bicyclic) bond motifs is 1. The summed E-state index contributed by atoms with van der Waals surface area (Å²) in [5.41, 5.74) is 7.01. The first-order valence-electron chi connectivity index (χ1n) is 6.57. The van der Waals surface area contributed by atoms with E-state index in [2.05, 4.69) is 27.6 Å². The molecule has 1 aliphatic carbocycles. The Kier molecular flexibility index (Phi) is 3.60. The van der Waals surface area contributed by atoms with E-state index in [0.29, 0.717) is 0 Å². The molecule has 1 aliphatic rings. The van der Waals surface area contributed by atoms with Crippen molar-refractivity contribution in [1.82, 2.24) is 10.4 Å². The van der Waals surface area contributed by atoms with Crippen molar-refractivity contribution in [2.75, 3.05) is 0 Å². The molecule has 0 atom stereocenters. The minimum Gasteiger partial charge on any atom is -0.273 e. The van der Waals surface area contributed by atoms with E-state index in [-0.39, 0.29) is 12.3 Å². The molecular weight excluding hydrogens is 270 g/mol. The summed E-state index contributed by atoms with van der Waals surface area (Å²) in [7, 11) is 0. The molecule has 0 fully saturated rings. The van der Waals surface area contributed by atoms with Gasteiger partial charge in [-0.2, -0.15) is 5.10 Å². The topological polar surface area (TPSA) is 54.4 Å². The maximum atomic E-state index is 11.8. The molecule has 20 heavy (non-hydrogen) atoms. The first kappa shape index (κ1) is 13.0. The van der Waals surface area contributed by atoms with Gasteiger partial charge < -0.3 is 0 Å². The summed E-state index contributed by atoms with van der Waals surface area (Å²) < 4.78 is 0. The van der Waals surface area contributed by atoms with Crippen LogP contribution < -0.4 is 5.43 Å². The van der Waals surface area contributed by atoms with Crippen LogP contribution >= 0.6 is 11.3 Å². The van der Waals surface area contributed by atoms with E-state index >= 15 is 0 Å². The maximum absolute atomic E-state index is 11.8. The molecule has 1 aromatic carbocycles. The van der Waals surface area contributed by atoms with Crippen molar-refractivity contribution in [1.29, 1.82) is 0 Å². The van der Waals surface area contributed by atoms with Crippen LogP contribution in [0, 0.1) is 6.92 Å². The number of thiazole rings is 1. The van der Waals surface area contributed by atoms with Crippen LogP contribution in [0.15, 0.2) is 34.7 Å². The van der Waals surface area contributed by atoms with Gasteiger partial charge in [-0.3, -0.25) is 4.79 Å². The molecule has 5 heteroatoms. The lowest BCUT2D eigenvalue weighted by atomic mass is 10.1. The standard InChI is InChI=1S/C15H15N3OS/c1-10-9-20-15(16-10)8-14(19)18-17-13-7-6-11-4-2-3-5-12(11)13/h2-5,9H,6-8H2,1H3,(H,18,19)/b17-13+. The fourth-order valence-corrected chi connectivity index (χ4v) is 3.08. The average molecular weight is 285 g/mol. The molecule has 0 bridgehead atoms. The van der Waals surface area contributed by atoms with Gasteiger partial charge in [0.15, 0.2) is 0 Å². The van der Waals surface area contributed by atoms with Crippen molar-refractivity contribution >= 4 is 23.0 Å². The molecule has 1 heterocycles. The Hall–Kier alpha value is -2.01. The van der Waals surface area contributed by atoms with Gasteiger partial charge in [0.1, 0.15) is 5.01 Å². The number of carbonyl (C=O) groups is 1. The number of amides is 1. The SMILES string of the molecule is Cc1csc(CC(=O)N/N=C2\CCc3ccccc32)n1. The fourth-order valence-electron chi connectivity index (χ4n) is 2.31. The van der Waals surface area contributed by atoms with Crippen molar-refractivity contribution < 1.29 is 4.79 Å². The third-order valence-electron chi connectivity index (χ3n) is 3.25.